The van der Waals surface area contributed by atoms with Crippen molar-refractivity contribution < 1.29 is 19.1 Å². The highest BCUT2D eigenvalue weighted by Crippen LogP contribution is 2.32. The molecule has 2 aliphatic rings. The zero-order valence-corrected chi connectivity index (χ0v) is 20.3. The van der Waals surface area contributed by atoms with E-state index in [9.17, 15) is 14.4 Å². The van der Waals surface area contributed by atoms with E-state index in [1.54, 1.807) is 21.1 Å². The molecule has 1 aliphatic heterocycles. The van der Waals surface area contributed by atoms with Gasteiger partial charge in [0.2, 0.25) is 5.91 Å². The van der Waals surface area contributed by atoms with Crippen molar-refractivity contribution in [2.75, 3.05) is 20.7 Å². The number of fused-ring (bicyclic) bond motifs is 2. The average Bonchev–Trinajstić information content (AvgIpc) is 3.41. The number of nitrogens with zero attached hydrogens (tertiary/aromatic N) is 2. The van der Waals surface area contributed by atoms with Crippen LogP contribution in [0.15, 0.2) is 54.6 Å². The first-order valence-corrected chi connectivity index (χ1v) is 11.9. The normalized spacial score (nSPS) is 19.1. The summed E-state index contributed by atoms with van der Waals surface area (Å²) in [6, 6.07) is 17.3. The van der Waals surface area contributed by atoms with Gasteiger partial charge in [0.25, 0.3) is 5.91 Å². The van der Waals surface area contributed by atoms with Gasteiger partial charge in [-0.2, -0.15) is 0 Å². The van der Waals surface area contributed by atoms with E-state index in [1.165, 1.54) is 16.0 Å². The van der Waals surface area contributed by atoms with Crippen LogP contribution in [0, 0.1) is 0 Å². The lowest BCUT2D eigenvalue weighted by Crippen LogP contribution is -2.43. The largest absolute Gasteiger partial charge is 0.497 e. The van der Waals surface area contributed by atoms with E-state index in [4.69, 9.17) is 4.74 Å². The first-order chi connectivity index (χ1) is 16.8. The molecule has 0 aromatic heterocycles. The molecule has 1 aliphatic carbocycles. The third kappa shape index (κ3) is 4.11. The highest BCUT2D eigenvalue weighted by molar-refractivity contribution is 6.09. The number of benzene rings is 3. The summed E-state index contributed by atoms with van der Waals surface area (Å²) in [7, 11) is 3.31. The van der Waals surface area contributed by atoms with E-state index in [0.29, 0.717) is 6.54 Å². The number of rotatable bonds is 6. The van der Waals surface area contributed by atoms with E-state index < -0.39 is 17.5 Å². The van der Waals surface area contributed by atoms with Crippen LogP contribution in [-0.4, -0.2) is 48.3 Å². The Hall–Kier alpha value is -3.87. The molecule has 0 radical (unpaired) electrons. The molecule has 7 nitrogen and oxygen atoms in total. The predicted molar refractivity (Wildman–Crippen MR) is 133 cm³/mol. The number of hydrogen-bond donors (Lipinski definition) is 1. The second kappa shape index (κ2) is 8.73. The van der Waals surface area contributed by atoms with Gasteiger partial charge in [-0.3, -0.25) is 14.5 Å². The summed E-state index contributed by atoms with van der Waals surface area (Å²) in [5, 5.41) is 4.91. The Morgan fingerprint density at radius 3 is 2.57 bits per heavy atom. The minimum atomic E-state index is -1.17. The maximum absolute atomic E-state index is 13.3. The van der Waals surface area contributed by atoms with Crippen LogP contribution in [0.5, 0.6) is 5.75 Å². The third-order valence-electron chi connectivity index (χ3n) is 7.20. The summed E-state index contributed by atoms with van der Waals surface area (Å²) < 4.78 is 5.27. The van der Waals surface area contributed by atoms with Gasteiger partial charge >= 0.3 is 6.03 Å². The summed E-state index contributed by atoms with van der Waals surface area (Å²) in [5.74, 6) is 0.0846. The minimum Gasteiger partial charge on any atom is -0.497 e. The van der Waals surface area contributed by atoms with Gasteiger partial charge in [-0.05, 0) is 77.4 Å². The number of aryl methyl sites for hydroxylation is 2. The number of carbonyl (C=O) groups excluding carboxylic acids is 3. The number of amides is 4. The Labute approximate surface area is 204 Å². The van der Waals surface area contributed by atoms with Gasteiger partial charge in [0.05, 0.1) is 7.11 Å². The molecule has 0 saturated carbocycles. The van der Waals surface area contributed by atoms with Crippen molar-refractivity contribution in [3.8, 4) is 5.75 Å². The number of carbonyl (C=O) groups is 3. The van der Waals surface area contributed by atoms with E-state index in [1.807, 2.05) is 54.6 Å². The summed E-state index contributed by atoms with van der Waals surface area (Å²) in [6.45, 7) is 1.78. The number of nitrogens with one attached hydrogen (secondary N) is 1. The molecule has 5 rings (SSSR count). The van der Waals surface area contributed by atoms with Crippen LogP contribution in [-0.2, 0) is 34.5 Å². The van der Waals surface area contributed by atoms with Gasteiger partial charge in [0.15, 0.2) is 0 Å². The molecule has 1 fully saturated rings. The molecular formula is C28H29N3O4. The molecule has 35 heavy (non-hydrogen) atoms. The fraction of sp³-hybridized carbons (Fsp3) is 0.321. The lowest BCUT2D eigenvalue weighted by atomic mass is 9.89. The first kappa shape index (κ1) is 22.9. The van der Waals surface area contributed by atoms with Gasteiger partial charge < -0.3 is 15.0 Å². The van der Waals surface area contributed by atoms with Crippen LogP contribution in [0.25, 0.3) is 10.8 Å². The second-order valence-electron chi connectivity index (χ2n) is 9.58. The van der Waals surface area contributed by atoms with Gasteiger partial charge in [0, 0.05) is 13.6 Å². The number of urea groups is 1. The molecule has 3 aromatic rings. The van der Waals surface area contributed by atoms with Crippen LogP contribution in [0.2, 0.25) is 0 Å². The average molecular weight is 472 g/mol. The lowest BCUT2D eigenvalue weighted by molar-refractivity contribution is -0.138. The smallest absolute Gasteiger partial charge is 0.325 e. The van der Waals surface area contributed by atoms with Gasteiger partial charge in [-0.25, -0.2) is 4.79 Å². The quantitative estimate of drug-likeness (QED) is 0.555. The Bertz CT molecular complexity index is 1350. The van der Waals surface area contributed by atoms with Crippen LogP contribution in [0.3, 0.4) is 0 Å². The molecule has 180 valence electrons. The second-order valence-corrected chi connectivity index (χ2v) is 9.58. The zero-order chi connectivity index (χ0) is 24.7. The Kier molecular flexibility index (Phi) is 5.71. The molecular weight excluding hydrogens is 442 g/mol. The Balaban J connectivity index is 1.28. The number of methoxy groups -OCH3 is 1. The molecule has 4 amide bonds. The summed E-state index contributed by atoms with van der Waals surface area (Å²) in [5.41, 5.74) is 3.07. The molecule has 1 saturated heterocycles. The summed E-state index contributed by atoms with van der Waals surface area (Å²) in [4.78, 5) is 41.6. The topological polar surface area (TPSA) is 79.0 Å². The molecule has 0 spiro atoms. The number of hydrogen-bond acceptors (Lipinski definition) is 4. The first-order valence-electron chi connectivity index (χ1n) is 11.9. The lowest BCUT2D eigenvalue weighted by Gasteiger charge is -2.24. The van der Waals surface area contributed by atoms with Crippen molar-refractivity contribution in [3.63, 3.8) is 0 Å². The fourth-order valence-corrected chi connectivity index (χ4v) is 5.04. The standard InChI is InChI=1S/C28H29N3O4/c1-28(23-11-9-19-5-4-6-20(19)14-23)26(33)31(27(34)29-28)17-25(32)30(2)16-18-7-8-22-15-24(35-3)12-10-21(22)13-18/h7-15H,4-6,16-17H2,1-3H3,(H,29,34). The third-order valence-corrected chi connectivity index (χ3v) is 7.20. The summed E-state index contributed by atoms with van der Waals surface area (Å²) >= 11 is 0. The molecule has 1 N–H and O–H groups in total. The van der Waals surface area contributed by atoms with Crippen molar-refractivity contribution in [1.82, 2.24) is 15.1 Å². The van der Waals surface area contributed by atoms with Gasteiger partial charge in [0.1, 0.15) is 17.8 Å². The predicted octanol–water partition coefficient (Wildman–Crippen LogP) is 3.76. The minimum absolute atomic E-state index is 0.299. The maximum atomic E-state index is 13.3. The van der Waals surface area contributed by atoms with Gasteiger partial charge in [-0.1, -0.05) is 36.4 Å². The van der Waals surface area contributed by atoms with Gasteiger partial charge in [-0.15, -0.1) is 0 Å². The fourth-order valence-electron chi connectivity index (χ4n) is 5.04. The van der Waals surface area contributed by atoms with Crippen LogP contribution >= 0.6 is 0 Å². The Morgan fingerprint density at radius 1 is 1.03 bits per heavy atom. The maximum Gasteiger partial charge on any atom is 0.325 e. The highest BCUT2D eigenvalue weighted by Gasteiger charge is 2.49. The van der Waals surface area contributed by atoms with E-state index in [2.05, 4.69) is 5.32 Å². The molecule has 1 heterocycles. The van der Waals surface area contributed by atoms with Crippen LogP contribution < -0.4 is 10.1 Å². The highest BCUT2D eigenvalue weighted by atomic mass is 16.5. The van der Waals surface area contributed by atoms with E-state index >= 15 is 0 Å². The molecule has 0 bridgehead atoms. The van der Waals surface area contributed by atoms with E-state index in [0.717, 1.165) is 51.8 Å². The van der Waals surface area contributed by atoms with Crippen molar-refractivity contribution in [3.05, 3.63) is 76.9 Å². The number of ether oxygens (including phenoxy) is 1. The van der Waals surface area contributed by atoms with Crippen molar-refractivity contribution in [2.45, 2.75) is 38.3 Å². The van der Waals surface area contributed by atoms with Crippen molar-refractivity contribution in [1.29, 1.82) is 0 Å². The zero-order valence-electron chi connectivity index (χ0n) is 20.3. The Morgan fingerprint density at radius 2 is 1.77 bits per heavy atom. The summed E-state index contributed by atoms with van der Waals surface area (Å²) in [6.07, 6.45) is 3.13. The number of imide groups is 1. The monoisotopic (exact) mass is 471 g/mol. The van der Waals surface area contributed by atoms with Crippen molar-refractivity contribution >= 4 is 28.6 Å². The van der Waals surface area contributed by atoms with Crippen molar-refractivity contribution in [2.24, 2.45) is 0 Å². The molecule has 3 aromatic carbocycles. The molecule has 1 unspecified atom stereocenters. The van der Waals surface area contributed by atoms with Crippen LogP contribution in [0.1, 0.15) is 35.6 Å². The molecule has 7 heteroatoms. The molecule has 1 atom stereocenters. The van der Waals surface area contributed by atoms with E-state index in [-0.39, 0.29) is 12.5 Å². The SMILES string of the molecule is COc1ccc2cc(CN(C)C(=O)CN3C(=O)NC(C)(c4ccc5c(c4)CCC5)C3=O)ccc2c1. The number of likely N-dealkylation sites (N-methyl/N-ethyl adjacent to an activating group) is 1. The van der Waals surface area contributed by atoms with Crippen LogP contribution in [0.4, 0.5) is 4.79 Å².